The second kappa shape index (κ2) is 8.87. The maximum absolute atomic E-state index is 12.6. The zero-order valence-corrected chi connectivity index (χ0v) is 17.2. The number of carbonyl (C=O) groups is 1. The smallest absolute Gasteiger partial charge is 0.244 e. The molecule has 10 heteroatoms. The molecule has 2 aliphatic heterocycles. The van der Waals surface area contributed by atoms with Crippen molar-refractivity contribution in [1.29, 1.82) is 0 Å². The van der Waals surface area contributed by atoms with Crippen LogP contribution in [0.15, 0.2) is 28.3 Å². The number of hydrogen-bond acceptors (Lipinski definition) is 7. The molecule has 0 aliphatic carbocycles. The molecule has 150 valence electrons. The summed E-state index contributed by atoms with van der Waals surface area (Å²) in [6.07, 6.45) is 1.42. The normalized spacial score (nSPS) is 24.7. The number of sulfonamides is 1. The van der Waals surface area contributed by atoms with E-state index in [0.717, 1.165) is 0 Å². The molecule has 0 aromatic carbocycles. The van der Waals surface area contributed by atoms with Crippen molar-refractivity contribution in [2.45, 2.75) is 36.0 Å². The number of amides is 1. The first-order valence-electron chi connectivity index (χ1n) is 8.96. The average Bonchev–Trinajstić information content (AvgIpc) is 2.66. The predicted molar refractivity (Wildman–Crippen MR) is 101 cm³/mol. The fourth-order valence-corrected chi connectivity index (χ4v) is 5.25. The summed E-state index contributed by atoms with van der Waals surface area (Å²) in [4.78, 5) is 18.6. The number of nitrogens with zero attached hydrogens (tertiary/aromatic N) is 3. The van der Waals surface area contributed by atoms with Crippen molar-refractivity contribution < 1.29 is 22.7 Å². The summed E-state index contributed by atoms with van der Waals surface area (Å²) in [5, 5.41) is 0.624. The van der Waals surface area contributed by atoms with Gasteiger partial charge in [0, 0.05) is 32.4 Å². The fourth-order valence-electron chi connectivity index (χ4n) is 3.15. The van der Waals surface area contributed by atoms with Gasteiger partial charge in [-0.1, -0.05) is 11.8 Å². The highest BCUT2D eigenvalue weighted by molar-refractivity contribution is 7.99. The first-order chi connectivity index (χ1) is 12.9. The molecule has 1 aromatic heterocycles. The SMILES string of the molecule is C[C@@H]1CN(C(=O)CSc2ccc(S(=O)(=O)N3CCOCC3)cn2)C[C@H](C)O1. The Bertz CT molecular complexity index is 740. The highest BCUT2D eigenvalue weighted by Gasteiger charge is 2.27. The summed E-state index contributed by atoms with van der Waals surface area (Å²) >= 11 is 1.31. The molecule has 2 saturated heterocycles. The molecule has 1 aromatic rings. The number of pyridine rings is 1. The van der Waals surface area contributed by atoms with Crippen molar-refractivity contribution in [2.75, 3.05) is 45.1 Å². The number of ether oxygens (including phenoxy) is 2. The van der Waals surface area contributed by atoms with E-state index >= 15 is 0 Å². The molecule has 1 amide bonds. The first-order valence-corrected chi connectivity index (χ1v) is 11.4. The van der Waals surface area contributed by atoms with E-state index in [1.54, 1.807) is 12.1 Å². The molecule has 0 spiro atoms. The Labute approximate surface area is 164 Å². The van der Waals surface area contributed by atoms with E-state index in [0.29, 0.717) is 44.4 Å². The Morgan fingerprint density at radius 1 is 1.22 bits per heavy atom. The monoisotopic (exact) mass is 415 g/mol. The maximum atomic E-state index is 12.6. The molecular weight excluding hydrogens is 390 g/mol. The summed E-state index contributed by atoms with van der Waals surface area (Å²) < 4.78 is 37.4. The average molecular weight is 416 g/mol. The molecule has 0 unspecified atom stereocenters. The Morgan fingerprint density at radius 3 is 2.48 bits per heavy atom. The van der Waals surface area contributed by atoms with E-state index < -0.39 is 10.0 Å². The van der Waals surface area contributed by atoms with Gasteiger partial charge in [-0.2, -0.15) is 4.31 Å². The van der Waals surface area contributed by atoms with Gasteiger partial charge in [-0.3, -0.25) is 4.79 Å². The molecule has 2 atom stereocenters. The summed E-state index contributed by atoms with van der Waals surface area (Å²) in [5.74, 6) is 0.302. The van der Waals surface area contributed by atoms with Crippen molar-refractivity contribution in [3.63, 3.8) is 0 Å². The van der Waals surface area contributed by atoms with Crippen molar-refractivity contribution in [3.05, 3.63) is 18.3 Å². The minimum atomic E-state index is -3.55. The lowest BCUT2D eigenvalue weighted by atomic mass is 10.2. The number of hydrogen-bond donors (Lipinski definition) is 0. The van der Waals surface area contributed by atoms with E-state index in [1.165, 1.54) is 22.3 Å². The molecule has 0 N–H and O–H groups in total. The fraction of sp³-hybridized carbons (Fsp3) is 0.647. The first kappa shape index (κ1) is 20.5. The second-order valence-electron chi connectivity index (χ2n) is 6.69. The minimum Gasteiger partial charge on any atom is -0.379 e. The van der Waals surface area contributed by atoms with Crippen LogP contribution in [0.5, 0.6) is 0 Å². The van der Waals surface area contributed by atoms with Gasteiger partial charge >= 0.3 is 0 Å². The van der Waals surface area contributed by atoms with Gasteiger partial charge < -0.3 is 14.4 Å². The molecule has 2 aliphatic rings. The highest BCUT2D eigenvalue weighted by atomic mass is 32.2. The standard InChI is InChI=1S/C17H25N3O5S2/c1-13-10-19(11-14(2)25-13)17(21)12-26-16-4-3-15(9-18-16)27(22,23)20-5-7-24-8-6-20/h3-4,9,13-14H,5-8,10-12H2,1-2H3/t13-,14+. The van der Waals surface area contributed by atoms with Crippen LogP contribution in [0.25, 0.3) is 0 Å². The zero-order chi connectivity index (χ0) is 19.4. The van der Waals surface area contributed by atoms with E-state index in [1.807, 2.05) is 18.7 Å². The third-order valence-electron chi connectivity index (χ3n) is 4.43. The van der Waals surface area contributed by atoms with Crippen LogP contribution in [0.4, 0.5) is 0 Å². The van der Waals surface area contributed by atoms with Crippen LogP contribution in [-0.2, 0) is 24.3 Å². The number of thioether (sulfide) groups is 1. The number of aromatic nitrogens is 1. The lowest BCUT2D eigenvalue weighted by molar-refractivity contribution is -0.140. The predicted octanol–water partition coefficient (Wildman–Crippen LogP) is 0.830. The second-order valence-corrected chi connectivity index (χ2v) is 9.63. The van der Waals surface area contributed by atoms with Crippen molar-refractivity contribution in [2.24, 2.45) is 0 Å². The van der Waals surface area contributed by atoms with Gasteiger partial charge in [-0.25, -0.2) is 13.4 Å². The topological polar surface area (TPSA) is 89.0 Å². The van der Waals surface area contributed by atoms with E-state index in [4.69, 9.17) is 9.47 Å². The third kappa shape index (κ3) is 5.20. The number of carbonyl (C=O) groups excluding carboxylic acids is 1. The summed E-state index contributed by atoms with van der Waals surface area (Å²) in [6, 6.07) is 3.19. The molecular formula is C17H25N3O5S2. The van der Waals surface area contributed by atoms with Gasteiger partial charge in [0.1, 0.15) is 4.90 Å². The molecule has 2 fully saturated rings. The van der Waals surface area contributed by atoms with Gasteiger partial charge in [0.25, 0.3) is 0 Å². The van der Waals surface area contributed by atoms with Gasteiger partial charge in [0.15, 0.2) is 0 Å². The van der Waals surface area contributed by atoms with Gasteiger partial charge in [-0.05, 0) is 26.0 Å². The minimum absolute atomic E-state index is 0.0329. The molecule has 3 heterocycles. The summed E-state index contributed by atoms with van der Waals surface area (Å²) in [7, 11) is -3.55. The van der Waals surface area contributed by atoms with Crippen LogP contribution in [0.1, 0.15) is 13.8 Å². The summed E-state index contributed by atoms with van der Waals surface area (Å²) in [5.41, 5.74) is 0. The number of morpholine rings is 2. The maximum Gasteiger partial charge on any atom is 0.244 e. The van der Waals surface area contributed by atoms with Gasteiger partial charge in [0.2, 0.25) is 15.9 Å². The molecule has 27 heavy (non-hydrogen) atoms. The highest BCUT2D eigenvalue weighted by Crippen LogP contribution is 2.21. The quantitative estimate of drug-likeness (QED) is 0.658. The van der Waals surface area contributed by atoms with Gasteiger partial charge in [-0.15, -0.1) is 0 Å². The van der Waals surface area contributed by atoms with Crippen molar-refractivity contribution in [1.82, 2.24) is 14.2 Å². The van der Waals surface area contributed by atoms with Crippen LogP contribution in [0.2, 0.25) is 0 Å². The Morgan fingerprint density at radius 2 is 1.89 bits per heavy atom. The Kier molecular flexibility index (Phi) is 6.74. The Hall–Kier alpha value is -1.20. The van der Waals surface area contributed by atoms with E-state index in [2.05, 4.69) is 4.98 Å². The van der Waals surface area contributed by atoms with Crippen molar-refractivity contribution in [3.8, 4) is 0 Å². The van der Waals surface area contributed by atoms with Crippen molar-refractivity contribution >= 4 is 27.7 Å². The van der Waals surface area contributed by atoms with E-state index in [9.17, 15) is 13.2 Å². The van der Waals surface area contributed by atoms with Gasteiger partial charge in [0.05, 0.1) is 36.2 Å². The number of rotatable bonds is 5. The lowest BCUT2D eigenvalue weighted by Gasteiger charge is -2.35. The Balaban J connectivity index is 1.57. The molecule has 0 radical (unpaired) electrons. The van der Waals surface area contributed by atoms with Crippen LogP contribution in [0, 0.1) is 0 Å². The lowest BCUT2D eigenvalue weighted by Crippen LogP contribution is -2.48. The molecule has 8 nitrogen and oxygen atoms in total. The molecule has 0 saturated carbocycles. The molecule has 3 rings (SSSR count). The molecule has 0 bridgehead atoms. The third-order valence-corrected chi connectivity index (χ3v) is 7.24. The zero-order valence-electron chi connectivity index (χ0n) is 15.5. The van der Waals surface area contributed by atoms with E-state index in [-0.39, 0.29) is 28.8 Å². The largest absolute Gasteiger partial charge is 0.379 e. The van der Waals surface area contributed by atoms with Crippen LogP contribution < -0.4 is 0 Å². The van der Waals surface area contributed by atoms with Crippen LogP contribution >= 0.6 is 11.8 Å². The van der Waals surface area contributed by atoms with Crippen LogP contribution in [-0.4, -0.2) is 85.9 Å². The van der Waals surface area contributed by atoms with Crippen LogP contribution in [0.3, 0.4) is 0 Å². The summed E-state index contributed by atoms with van der Waals surface area (Å²) in [6.45, 7) is 6.61.